The smallest absolute Gasteiger partial charge is 0.0704 e. The molecule has 18 heavy (non-hydrogen) atoms. The normalized spacial score (nSPS) is 17.2. The summed E-state index contributed by atoms with van der Waals surface area (Å²) in [4.78, 5) is 0. The Labute approximate surface area is 112 Å². The average molecular weight is 261 g/mol. The molecule has 0 aromatic heterocycles. The van der Waals surface area contributed by atoms with Crippen LogP contribution in [0.1, 0.15) is 48.0 Å². The topological polar surface area (TPSA) is 50.7 Å². The van der Waals surface area contributed by atoms with Crippen molar-refractivity contribution < 1.29 is 14.6 Å². The molecule has 2 N–H and O–H groups in total. The number of hydrogen-bond donors (Lipinski definition) is 2. The minimum Gasteiger partial charge on any atom is -0.394 e. The van der Waals surface area contributed by atoms with Crippen LogP contribution >= 0.6 is 0 Å². The average Bonchev–Trinajstić information content (AvgIpc) is 2.23. The fourth-order valence-electron chi connectivity index (χ4n) is 2.09. The predicted octanol–water partition coefficient (Wildman–Crippen LogP) is 1.96. The molecule has 0 aromatic rings. The number of aliphatic hydroxyl groups excluding tert-OH is 1. The van der Waals surface area contributed by atoms with Gasteiger partial charge in [-0.05, 0) is 34.1 Å². The summed E-state index contributed by atoms with van der Waals surface area (Å²) in [5, 5.41) is 12.9. The summed E-state index contributed by atoms with van der Waals surface area (Å²) < 4.78 is 11.1. The first-order valence-corrected chi connectivity index (χ1v) is 6.91. The van der Waals surface area contributed by atoms with Gasteiger partial charge in [0, 0.05) is 11.6 Å². The Bertz CT molecular complexity index is 209. The molecule has 0 rings (SSSR count). The van der Waals surface area contributed by atoms with Crippen molar-refractivity contribution in [3.8, 4) is 0 Å². The Balaban J connectivity index is 3.92. The second-order valence-corrected chi connectivity index (χ2v) is 5.82. The summed E-state index contributed by atoms with van der Waals surface area (Å²) in [5.74, 6) is 0. The molecule has 0 aliphatic carbocycles. The molecule has 110 valence electrons. The third-order valence-electron chi connectivity index (χ3n) is 2.66. The van der Waals surface area contributed by atoms with E-state index in [1.165, 1.54) is 0 Å². The van der Waals surface area contributed by atoms with E-state index < -0.39 is 0 Å². The zero-order valence-corrected chi connectivity index (χ0v) is 12.8. The van der Waals surface area contributed by atoms with Crippen molar-refractivity contribution in [2.75, 3.05) is 19.8 Å². The molecule has 0 aliphatic rings. The zero-order chi connectivity index (χ0) is 14.2. The molecule has 4 heteroatoms. The molecule has 0 aliphatic heterocycles. The van der Waals surface area contributed by atoms with Gasteiger partial charge < -0.3 is 19.9 Å². The van der Waals surface area contributed by atoms with Crippen LogP contribution in [-0.4, -0.2) is 48.7 Å². The lowest BCUT2D eigenvalue weighted by atomic mass is 9.95. The Kier molecular flexibility index (Phi) is 8.78. The van der Waals surface area contributed by atoms with Gasteiger partial charge in [0.25, 0.3) is 0 Å². The zero-order valence-electron chi connectivity index (χ0n) is 12.8. The van der Waals surface area contributed by atoms with Crippen molar-refractivity contribution in [2.24, 2.45) is 0 Å². The van der Waals surface area contributed by atoms with Gasteiger partial charge in [0.2, 0.25) is 0 Å². The fraction of sp³-hybridized carbons (Fsp3) is 1.00. The highest BCUT2D eigenvalue weighted by atomic mass is 16.5. The Morgan fingerprint density at radius 2 is 1.61 bits per heavy atom. The monoisotopic (exact) mass is 261 g/mol. The van der Waals surface area contributed by atoms with Gasteiger partial charge >= 0.3 is 0 Å². The first-order valence-electron chi connectivity index (χ1n) is 6.91. The largest absolute Gasteiger partial charge is 0.394 e. The summed E-state index contributed by atoms with van der Waals surface area (Å²) in [7, 11) is 0. The Morgan fingerprint density at radius 3 is 2.06 bits per heavy atom. The third kappa shape index (κ3) is 8.86. The van der Waals surface area contributed by atoms with Gasteiger partial charge in [0.1, 0.15) is 0 Å². The second kappa shape index (κ2) is 8.86. The standard InChI is InChI=1S/C14H31NO3/c1-11(2)15-14(6,10-16)9-13(5)18-8-7-17-12(3)4/h11-13,15-16H,7-10H2,1-6H3. The lowest BCUT2D eigenvalue weighted by molar-refractivity contribution is -0.0214. The summed E-state index contributed by atoms with van der Waals surface area (Å²) in [6, 6.07) is 0.346. The van der Waals surface area contributed by atoms with E-state index in [2.05, 4.69) is 19.2 Å². The molecule has 0 saturated carbocycles. The molecular weight excluding hydrogens is 230 g/mol. The third-order valence-corrected chi connectivity index (χ3v) is 2.66. The van der Waals surface area contributed by atoms with E-state index in [1.54, 1.807) is 0 Å². The van der Waals surface area contributed by atoms with Crippen LogP contribution in [0.15, 0.2) is 0 Å². The molecule has 0 fully saturated rings. The Morgan fingerprint density at radius 1 is 1.06 bits per heavy atom. The number of aliphatic hydroxyl groups is 1. The van der Waals surface area contributed by atoms with Crippen LogP contribution in [0.3, 0.4) is 0 Å². The van der Waals surface area contributed by atoms with E-state index in [9.17, 15) is 5.11 Å². The van der Waals surface area contributed by atoms with Crippen molar-refractivity contribution in [2.45, 2.75) is 71.8 Å². The summed E-state index contributed by atoms with van der Waals surface area (Å²) in [5.41, 5.74) is -0.285. The minimum atomic E-state index is -0.285. The van der Waals surface area contributed by atoms with Crippen LogP contribution in [-0.2, 0) is 9.47 Å². The van der Waals surface area contributed by atoms with Crippen LogP contribution in [0, 0.1) is 0 Å². The maximum Gasteiger partial charge on any atom is 0.0704 e. The maximum atomic E-state index is 9.48. The minimum absolute atomic E-state index is 0.101. The van der Waals surface area contributed by atoms with Crippen LogP contribution in [0.25, 0.3) is 0 Å². The van der Waals surface area contributed by atoms with Crippen LogP contribution in [0.4, 0.5) is 0 Å². The van der Waals surface area contributed by atoms with Crippen molar-refractivity contribution >= 4 is 0 Å². The van der Waals surface area contributed by atoms with E-state index in [0.717, 1.165) is 6.42 Å². The molecule has 2 atom stereocenters. The Hall–Kier alpha value is -0.160. The predicted molar refractivity (Wildman–Crippen MR) is 74.9 cm³/mol. The van der Waals surface area contributed by atoms with Crippen molar-refractivity contribution in [1.82, 2.24) is 5.32 Å². The molecule has 0 heterocycles. The van der Waals surface area contributed by atoms with Crippen LogP contribution in [0.2, 0.25) is 0 Å². The van der Waals surface area contributed by atoms with E-state index in [-0.39, 0.29) is 24.4 Å². The molecule has 4 nitrogen and oxygen atoms in total. The highest BCUT2D eigenvalue weighted by molar-refractivity contribution is 4.85. The van der Waals surface area contributed by atoms with Crippen molar-refractivity contribution in [3.63, 3.8) is 0 Å². The van der Waals surface area contributed by atoms with Gasteiger partial charge in [-0.25, -0.2) is 0 Å². The number of rotatable bonds is 10. The van der Waals surface area contributed by atoms with Gasteiger partial charge in [-0.3, -0.25) is 0 Å². The van der Waals surface area contributed by atoms with Crippen molar-refractivity contribution in [3.05, 3.63) is 0 Å². The highest BCUT2D eigenvalue weighted by Crippen LogP contribution is 2.15. The first kappa shape index (κ1) is 17.8. The number of hydrogen-bond acceptors (Lipinski definition) is 4. The van der Waals surface area contributed by atoms with Crippen LogP contribution < -0.4 is 5.32 Å². The molecular formula is C14H31NO3. The molecule has 0 amide bonds. The molecule has 0 saturated heterocycles. The molecule has 0 aromatic carbocycles. The summed E-state index contributed by atoms with van der Waals surface area (Å²) in [6.45, 7) is 13.6. The lowest BCUT2D eigenvalue weighted by Gasteiger charge is -2.33. The van der Waals surface area contributed by atoms with E-state index >= 15 is 0 Å². The maximum absolute atomic E-state index is 9.48. The molecule has 2 unspecified atom stereocenters. The van der Waals surface area contributed by atoms with Gasteiger partial charge in [-0.2, -0.15) is 0 Å². The summed E-state index contributed by atoms with van der Waals surface area (Å²) in [6.07, 6.45) is 1.13. The van der Waals surface area contributed by atoms with Gasteiger partial charge in [-0.15, -0.1) is 0 Å². The molecule has 0 radical (unpaired) electrons. The van der Waals surface area contributed by atoms with Gasteiger partial charge in [0.15, 0.2) is 0 Å². The van der Waals surface area contributed by atoms with E-state index in [4.69, 9.17) is 9.47 Å². The fourth-order valence-corrected chi connectivity index (χ4v) is 2.09. The lowest BCUT2D eigenvalue weighted by Crippen LogP contribution is -2.51. The second-order valence-electron chi connectivity index (χ2n) is 5.82. The van der Waals surface area contributed by atoms with E-state index in [0.29, 0.717) is 19.3 Å². The first-order chi connectivity index (χ1) is 8.29. The van der Waals surface area contributed by atoms with Gasteiger partial charge in [0.05, 0.1) is 32.0 Å². The molecule has 0 spiro atoms. The van der Waals surface area contributed by atoms with Gasteiger partial charge in [-0.1, -0.05) is 13.8 Å². The SMILES string of the molecule is CC(C)NC(C)(CO)CC(C)OCCOC(C)C. The van der Waals surface area contributed by atoms with Crippen LogP contribution in [0.5, 0.6) is 0 Å². The number of nitrogens with one attached hydrogen (secondary N) is 1. The van der Waals surface area contributed by atoms with E-state index in [1.807, 2.05) is 27.7 Å². The molecule has 0 bridgehead atoms. The summed E-state index contributed by atoms with van der Waals surface area (Å²) >= 11 is 0. The van der Waals surface area contributed by atoms with Crippen molar-refractivity contribution in [1.29, 1.82) is 0 Å². The highest BCUT2D eigenvalue weighted by Gasteiger charge is 2.26. The quantitative estimate of drug-likeness (QED) is 0.590. The number of ether oxygens (including phenoxy) is 2.